The lowest BCUT2D eigenvalue weighted by atomic mass is 10.0. The Labute approximate surface area is 161 Å². The van der Waals surface area contributed by atoms with Crippen LogP contribution in [0.1, 0.15) is 38.5 Å². The second kappa shape index (κ2) is 9.14. The summed E-state index contributed by atoms with van der Waals surface area (Å²) in [6.07, 6.45) is 5.59. The van der Waals surface area contributed by atoms with Gasteiger partial charge < -0.3 is 10.0 Å². The fraction of sp³-hybridized carbons (Fsp3) is 0.632. The van der Waals surface area contributed by atoms with Crippen LogP contribution in [0.3, 0.4) is 0 Å². The van der Waals surface area contributed by atoms with E-state index in [1.165, 1.54) is 0 Å². The molecule has 2 aliphatic rings. The van der Waals surface area contributed by atoms with Crippen LogP contribution in [-0.4, -0.2) is 63.2 Å². The Bertz CT molecular complexity index is 736. The molecule has 1 amide bonds. The number of piperidine rings is 2. The number of benzene rings is 1. The van der Waals surface area contributed by atoms with E-state index in [2.05, 4.69) is 9.62 Å². The summed E-state index contributed by atoms with van der Waals surface area (Å²) in [4.78, 5) is 16.1. The highest BCUT2D eigenvalue weighted by molar-refractivity contribution is 7.89. The maximum Gasteiger partial charge on any atom is 0.240 e. The van der Waals surface area contributed by atoms with E-state index in [9.17, 15) is 18.3 Å². The normalized spacial score (nSPS) is 22.2. The molecule has 2 heterocycles. The summed E-state index contributed by atoms with van der Waals surface area (Å²) in [5.74, 6) is 0.0925. The molecule has 0 bridgehead atoms. The van der Waals surface area contributed by atoms with E-state index in [0.717, 1.165) is 44.3 Å². The van der Waals surface area contributed by atoms with Gasteiger partial charge in [-0.15, -0.1) is 0 Å². The maximum atomic E-state index is 12.5. The number of aliphatic hydroxyl groups excluding tert-OH is 1. The van der Waals surface area contributed by atoms with Gasteiger partial charge in [0.2, 0.25) is 15.9 Å². The predicted octanol–water partition coefficient (Wildman–Crippen LogP) is 1.33. The van der Waals surface area contributed by atoms with Crippen molar-refractivity contribution in [1.29, 1.82) is 0 Å². The van der Waals surface area contributed by atoms with Crippen molar-refractivity contribution >= 4 is 21.6 Å². The second-order valence-corrected chi connectivity index (χ2v) is 9.03. The summed E-state index contributed by atoms with van der Waals surface area (Å²) in [7, 11) is -3.59. The van der Waals surface area contributed by atoms with Gasteiger partial charge in [-0.2, -0.15) is 0 Å². The quantitative estimate of drug-likeness (QED) is 0.727. The van der Waals surface area contributed by atoms with Crippen LogP contribution in [0.4, 0.5) is 5.69 Å². The van der Waals surface area contributed by atoms with E-state index >= 15 is 0 Å². The minimum atomic E-state index is -3.59. The molecule has 2 N–H and O–H groups in total. The minimum absolute atomic E-state index is 0.0925. The third-order valence-electron chi connectivity index (χ3n) is 5.43. The molecule has 0 radical (unpaired) electrons. The van der Waals surface area contributed by atoms with Crippen LogP contribution in [0, 0.1) is 0 Å². The zero-order valence-corrected chi connectivity index (χ0v) is 16.5. The van der Waals surface area contributed by atoms with Crippen molar-refractivity contribution in [2.24, 2.45) is 0 Å². The Morgan fingerprint density at radius 2 is 1.81 bits per heavy atom. The number of anilines is 1. The fourth-order valence-electron chi connectivity index (χ4n) is 3.85. The number of carbonyl (C=O) groups excluding carboxylic acids is 1. The second-order valence-electron chi connectivity index (χ2n) is 7.26. The van der Waals surface area contributed by atoms with Crippen molar-refractivity contribution in [2.45, 2.75) is 49.5 Å². The third kappa shape index (κ3) is 5.07. The van der Waals surface area contributed by atoms with Crippen LogP contribution >= 0.6 is 0 Å². The average molecular weight is 396 g/mol. The molecule has 1 aromatic rings. The molecule has 2 fully saturated rings. The Hall–Kier alpha value is -1.48. The van der Waals surface area contributed by atoms with Crippen LogP contribution in [0.2, 0.25) is 0 Å². The van der Waals surface area contributed by atoms with Crippen LogP contribution in [0.15, 0.2) is 29.2 Å². The van der Waals surface area contributed by atoms with Gasteiger partial charge in [-0.05, 0) is 56.5 Å². The van der Waals surface area contributed by atoms with Crippen molar-refractivity contribution in [1.82, 2.24) is 9.62 Å². The molecule has 0 spiro atoms. The average Bonchev–Trinajstić information content (AvgIpc) is 2.69. The molecular formula is C19H29N3O4S. The number of nitrogens with one attached hydrogen (secondary N) is 1. The Morgan fingerprint density at radius 3 is 2.52 bits per heavy atom. The van der Waals surface area contributed by atoms with E-state index < -0.39 is 10.0 Å². The summed E-state index contributed by atoms with van der Waals surface area (Å²) in [5, 5.41) is 9.44. The highest BCUT2D eigenvalue weighted by Crippen LogP contribution is 2.22. The molecule has 7 nitrogen and oxygen atoms in total. The molecule has 0 unspecified atom stereocenters. The lowest BCUT2D eigenvalue weighted by Gasteiger charge is -2.34. The molecule has 150 valence electrons. The van der Waals surface area contributed by atoms with Crippen LogP contribution in [0.5, 0.6) is 0 Å². The van der Waals surface area contributed by atoms with Gasteiger partial charge in [-0.1, -0.05) is 6.42 Å². The van der Waals surface area contributed by atoms with E-state index in [1.807, 2.05) is 0 Å². The van der Waals surface area contributed by atoms with Gasteiger partial charge in [0.1, 0.15) is 0 Å². The molecule has 0 aromatic heterocycles. The van der Waals surface area contributed by atoms with Crippen molar-refractivity contribution < 1.29 is 18.3 Å². The zero-order chi connectivity index (χ0) is 19.3. The number of likely N-dealkylation sites (tertiary alicyclic amines) is 1. The summed E-state index contributed by atoms with van der Waals surface area (Å²) >= 11 is 0. The van der Waals surface area contributed by atoms with Crippen LogP contribution in [-0.2, 0) is 14.8 Å². The number of aliphatic hydroxyl groups is 1. The maximum absolute atomic E-state index is 12.5. The van der Waals surface area contributed by atoms with Crippen molar-refractivity contribution in [2.75, 3.05) is 37.7 Å². The van der Waals surface area contributed by atoms with E-state index in [4.69, 9.17) is 0 Å². The largest absolute Gasteiger partial charge is 0.395 e. The SMILES string of the molecule is O=C1CCCCN1c1ccc(S(=O)(=O)NCCN2CCCC[C@H]2CO)cc1. The number of hydrogen-bond acceptors (Lipinski definition) is 5. The lowest BCUT2D eigenvalue weighted by molar-refractivity contribution is -0.119. The summed E-state index contributed by atoms with van der Waals surface area (Å²) in [6.45, 7) is 2.59. The molecule has 2 aliphatic heterocycles. The summed E-state index contributed by atoms with van der Waals surface area (Å²) in [5.41, 5.74) is 0.748. The molecule has 1 atom stereocenters. The first-order valence-corrected chi connectivity index (χ1v) is 11.2. The summed E-state index contributed by atoms with van der Waals surface area (Å²) < 4.78 is 27.7. The van der Waals surface area contributed by atoms with Crippen molar-refractivity contribution in [3.8, 4) is 0 Å². The highest BCUT2D eigenvalue weighted by Gasteiger charge is 2.23. The standard InChI is InChI=1S/C19H29N3O4S/c23-15-17-5-1-3-12-21(17)14-11-20-27(25,26)18-9-7-16(8-10-18)22-13-4-2-6-19(22)24/h7-10,17,20,23H,1-6,11-15H2/t17-/m0/s1. The van der Waals surface area contributed by atoms with Gasteiger partial charge >= 0.3 is 0 Å². The number of carbonyl (C=O) groups is 1. The van der Waals surface area contributed by atoms with Gasteiger partial charge in [-0.25, -0.2) is 13.1 Å². The van der Waals surface area contributed by atoms with E-state index in [-0.39, 0.29) is 23.5 Å². The van der Waals surface area contributed by atoms with Crippen LogP contribution < -0.4 is 9.62 Å². The third-order valence-corrected chi connectivity index (χ3v) is 6.91. The smallest absolute Gasteiger partial charge is 0.240 e. The Morgan fingerprint density at radius 1 is 1.07 bits per heavy atom. The fourth-order valence-corrected chi connectivity index (χ4v) is 4.87. The minimum Gasteiger partial charge on any atom is -0.395 e. The number of nitrogens with zero attached hydrogens (tertiary/aromatic N) is 2. The topological polar surface area (TPSA) is 90.0 Å². The molecule has 0 saturated carbocycles. The molecule has 0 aliphatic carbocycles. The van der Waals surface area contributed by atoms with E-state index in [0.29, 0.717) is 26.1 Å². The Kier molecular flexibility index (Phi) is 6.86. The molecule has 1 aromatic carbocycles. The van der Waals surface area contributed by atoms with Crippen LogP contribution in [0.25, 0.3) is 0 Å². The first-order chi connectivity index (χ1) is 13.0. The molecule has 8 heteroatoms. The molecular weight excluding hydrogens is 366 g/mol. The van der Waals surface area contributed by atoms with Crippen molar-refractivity contribution in [3.05, 3.63) is 24.3 Å². The van der Waals surface area contributed by atoms with Gasteiger partial charge in [0.05, 0.1) is 11.5 Å². The number of hydrogen-bond donors (Lipinski definition) is 2. The molecule has 27 heavy (non-hydrogen) atoms. The van der Waals surface area contributed by atoms with Gasteiger partial charge in [0.15, 0.2) is 0 Å². The number of rotatable bonds is 7. The van der Waals surface area contributed by atoms with Gasteiger partial charge in [0, 0.05) is 37.8 Å². The zero-order valence-electron chi connectivity index (χ0n) is 15.6. The highest BCUT2D eigenvalue weighted by atomic mass is 32.2. The van der Waals surface area contributed by atoms with Gasteiger partial charge in [0.25, 0.3) is 0 Å². The molecule has 3 rings (SSSR count). The summed E-state index contributed by atoms with van der Waals surface area (Å²) in [6, 6.07) is 6.63. The first kappa shape index (κ1) is 20.3. The number of amides is 1. The van der Waals surface area contributed by atoms with Gasteiger partial charge in [-0.3, -0.25) is 9.69 Å². The lowest BCUT2D eigenvalue weighted by Crippen LogP contribution is -2.45. The molecule has 2 saturated heterocycles. The predicted molar refractivity (Wildman–Crippen MR) is 104 cm³/mol. The number of sulfonamides is 1. The monoisotopic (exact) mass is 395 g/mol. The first-order valence-electron chi connectivity index (χ1n) is 9.76. The Balaban J connectivity index is 1.57. The van der Waals surface area contributed by atoms with Crippen molar-refractivity contribution in [3.63, 3.8) is 0 Å². The van der Waals surface area contributed by atoms with E-state index in [1.54, 1.807) is 29.2 Å².